The highest BCUT2D eigenvalue weighted by Crippen LogP contribution is 2.37. The molecule has 0 fully saturated rings. The molecule has 0 amide bonds. The van der Waals surface area contributed by atoms with Crippen molar-refractivity contribution in [3.05, 3.63) is 124 Å². The summed E-state index contributed by atoms with van der Waals surface area (Å²) in [4.78, 5) is 32.6. The number of thiazole rings is 1. The van der Waals surface area contributed by atoms with E-state index in [1.54, 1.807) is 75.4 Å². The molecule has 0 unspecified atom stereocenters. The molecule has 1 aromatic heterocycles. The van der Waals surface area contributed by atoms with Gasteiger partial charge in [0.2, 0.25) is 0 Å². The number of allylic oxidation sites excluding steroid dienone is 1. The minimum atomic E-state index is -0.903. The normalized spacial score (nSPS) is 14.6. The Morgan fingerprint density at radius 1 is 1.09 bits per heavy atom. The molecule has 1 aliphatic heterocycles. The summed E-state index contributed by atoms with van der Waals surface area (Å²) in [6.45, 7) is 5.46. The van der Waals surface area contributed by atoms with E-state index in [1.807, 2.05) is 12.1 Å². The van der Waals surface area contributed by atoms with Gasteiger partial charge in [-0.1, -0.05) is 46.7 Å². The average Bonchev–Trinajstić information content (AvgIpc) is 3.29. The molecular weight excluding hydrogens is 621 g/mol. The zero-order valence-corrected chi connectivity index (χ0v) is 26.6. The van der Waals surface area contributed by atoms with Crippen LogP contribution in [0.4, 0.5) is 0 Å². The third-order valence-corrected chi connectivity index (χ3v) is 8.26. The molecule has 1 atom stereocenters. The Morgan fingerprint density at radius 2 is 1.77 bits per heavy atom. The molecule has 0 N–H and O–H groups in total. The molecule has 0 saturated heterocycles. The summed E-state index contributed by atoms with van der Waals surface area (Å²) in [7, 11) is 1.51. The Labute approximate surface area is 267 Å². The summed E-state index contributed by atoms with van der Waals surface area (Å²) in [5.41, 5.74) is 2.80. The quantitative estimate of drug-likeness (QED) is 0.219. The molecular formula is C33H27Cl2N3O5S. The van der Waals surface area contributed by atoms with E-state index >= 15 is 0 Å². The number of halogens is 2. The third-order valence-electron chi connectivity index (χ3n) is 6.81. The number of nitriles is 1. The van der Waals surface area contributed by atoms with Gasteiger partial charge < -0.3 is 14.2 Å². The molecule has 4 aromatic rings. The largest absolute Gasteiger partial charge is 0.496 e. The van der Waals surface area contributed by atoms with Crippen LogP contribution in [0.15, 0.2) is 81.7 Å². The fourth-order valence-corrected chi connectivity index (χ4v) is 6.21. The van der Waals surface area contributed by atoms with Gasteiger partial charge in [0.05, 0.1) is 40.6 Å². The molecule has 0 saturated carbocycles. The number of hydrogen-bond donors (Lipinski definition) is 0. The lowest BCUT2D eigenvalue weighted by Crippen LogP contribution is -2.40. The van der Waals surface area contributed by atoms with Crippen LogP contribution in [0.2, 0.25) is 10.0 Å². The maximum atomic E-state index is 14.2. The lowest BCUT2D eigenvalue weighted by atomic mass is 9.95. The van der Waals surface area contributed by atoms with Crippen LogP contribution >= 0.6 is 34.5 Å². The van der Waals surface area contributed by atoms with Crippen LogP contribution in [-0.2, 0) is 16.1 Å². The van der Waals surface area contributed by atoms with Crippen LogP contribution in [-0.4, -0.2) is 23.8 Å². The molecule has 0 spiro atoms. The van der Waals surface area contributed by atoms with E-state index < -0.39 is 12.0 Å². The van der Waals surface area contributed by atoms with Gasteiger partial charge in [-0.05, 0) is 80.9 Å². The Morgan fingerprint density at radius 3 is 2.43 bits per heavy atom. The third kappa shape index (κ3) is 6.43. The van der Waals surface area contributed by atoms with Gasteiger partial charge in [-0.15, -0.1) is 0 Å². The zero-order valence-electron chi connectivity index (χ0n) is 24.3. The van der Waals surface area contributed by atoms with Gasteiger partial charge in [0.25, 0.3) is 5.56 Å². The molecule has 5 rings (SSSR count). The van der Waals surface area contributed by atoms with E-state index in [9.17, 15) is 9.59 Å². The monoisotopic (exact) mass is 647 g/mol. The maximum absolute atomic E-state index is 14.2. The highest BCUT2D eigenvalue weighted by atomic mass is 35.5. The summed E-state index contributed by atoms with van der Waals surface area (Å²) in [6, 6.07) is 18.5. The summed E-state index contributed by atoms with van der Waals surface area (Å²) < 4.78 is 19.1. The predicted octanol–water partition coefficient (Wildman–Crippen LogP) is 5.95. The average molecular weight is 649 g/mol. The molecule has 0 bridgehead atoms. The van der Waals surface area contributed by atoms with Crippen molar-refractivity contribution in [1.29, 1.82) is 5.26 Å². The summed E-state index contributed by atoms with van der Waals surface area (Å²) in [5, 5.41) is 9.94. The SMILES string of the molecule is COc1ccc(Cl)cc1[C@@H]1C(C(=O)OC(C)C)=C(C)N=c2s/c(=C\c3cc(Cl)ccc3OCc3ccc(C#N)cc3)c(=O)n21. The predicted molar refractivity (Wildman–Crippen MR) is 170 cm³/mol. The number of carbonyl (C=O) groups excluding carboxylic acids is 1. The van der Waals surface area contributed by atoms with Crippen molar-refractivity contribution in [2.75, 3.05) is 7.11 Å². The van der Waals surface area contributed by atoms with Crippen LogP contribution in [0.5, 0.6) is 11.5 Å². The molecule has 0 aliphatic carbocycles. The van der Waals surface area contributed by atoms with E-state index in [-0.39, 0.29) is 23.8 Å². The van der Waals surface area contributed by atoms with Gasteiger partial charge in [0.15, 0.2) is 4.80 Å². The molecule has 224 valence electrons. The molecule has 2 heterocycles. The Hall–Kier alpha value is -4.36. The van der Waals surface area contributed by atoms with Crippen molar-refractivity contribution in [3.8, 4) is 17.6 Å². The second-order valence-electron chi connectivity index (χ2n) is 10.2. The number of aromatic nitrogens is 1. The molecule has 1 aliphatic rings. The van der Waals surface area contributed by atoms with Gasteiger partial charge in [0.1, 0.15) is 24.1 Å². The van der Waals surface area contributed by atoms with Crippen molar-refractivity contribution in [3.63, 3.8) is 0 Å². The Kier molecular flexibility index (Phi) is 9.25. The lowest BCUT2D eigenvalue weighted by molar-refractivity contribution is -0.143. The molecule has 8 nitrogen and oxygen atoms in total. The first-order chi connectivity index (χ1) is 21.1. The molecule has 0 radical (unpaired) electrons. The number of rotatable bonds is 8. The van der Waals surface area contributed by atoms with E-state index in [1.165, 1.54) is 23.0 Å². The van der Waals surface area contributed by atoms with Crippen LogP contribution in [0.25, 0.3) is 6.08 Å². The van der Waals surface area contributed by atoms with Crippen molar-refractivity contribution in [2.45, 2.75) is 39.5 Å². The number of esters is 1. The fourth-order valence-electron chi connectivity index (χ4n) is 4.81. The second kappa shape index (κ2) is 13.1. The number of ether oxygens (including phenoxy) is 3. The van der Waals surface area contributed by atoms with Crippen LogP contribution in [0.3, 0.4) is 0 Å². The van der Waals surface area contributed by atoms with E-state index in [4.69, 9.17) is 42.7 Å². The van der Waals surface area contributed by atoms with Crippen LogP contribution in [0, 0.1) is 11.3 Å². The van der Waals surface area contributed by atoms with Crippen molar-refractivity contribution in [2.24, 2.45) is 4.99 Å². The highest BCUT2D eigenvalue weighted by molar-refractivity contribution is 7.07. The minimum absolute atomic E-state index is 0.215. The van der Waals surface area contributed by atoms with Gasteiger partial charge in [-0.3, -0.25) is 9.36 Å². The van der Waals surface area contributed by atoms with Gasteiger partial charge in [-0.2, -0.15) is 5.26 Å². The number of benzene rings is 3. The van der Waals surface area contributed by atoms with E-state index in [0.29, 0.717) is 53.3 Å². The first-order valence-electron chi connectivity index (χ1n) is 13.6. The first-order valence-corrected chi connectivity index (χ1v) is 15.1. The number of methoxy groups -OCH3 is 1. The van der Waals surface area contributed by atoms with Crippen LogP contribution in [0.1, 0.15) is 49.1 Å². The van der Waals surface area contributed by atoms with Crippen molar-refractivity contribution < 1.29 is 19.0 Å². The number of fused-ring (bicyclic) bond motifs is 1. The first kappa shape index (κ1) is 31.1. The molecule has 11 heteroatoms. The highest BCUT2D eigenvalue weighted by Gasteiger charge is 2.35. The smallest absolute Gasteiger partial charge is 0.338 e. The van der Waals surface area contributed by atoms with Gasteiger partial charge in [0, 0.05) is 21.2 Å². The van der Waals surface area contributed by atoms with Gasteiger partial charge >= 0.3 is 5.97 Å². The second-order valence-corrected chi connectivity index (χ2v) is 12.1. The molecule has 3 aromatic carbocycles. The lowest BCUT2D eigenvalue weighted by Gasteiger charge is -2.26. The van der Waals surface area contributed by atoms with E-state index in [2.05, 4.69) is 11.1 Å². The zero-order chi connectivity index (χ0) is 31.5. The standard InChI is InChI=1S/C33H27Cl2N3O5S/c1-18(2)43-32(40)29-19(3)37-33-38(30(29)25-15-24(35)10-12-27(25)41-4)31(39)28(44-33)14-22-13-23(34)9-11-26(22)42-17-21-7-5-20(16-36)6-8-21/h5-15,18,30H,17H2,1-4H3/b28-14-/t30-/m1/s1. The summed E-state index contributed by atoms with van der Waals surface area (Å²) in [6.07, 6.45) is 1.31. The Balaban J connectivity index is 1.64. The Bertz CT molecular complexity index is 2010. The van der Waals surface area contributed by atoms with E-state index in [0.717, 1.165) is 5.56 Å². The molecule has 44 heavy (non-hydrogen) atoms. The summed E-state index contributed by atoms with van der Waals surface area (Å²) >= 11 is 13.9. The van der Waals surface area contributed by atoms with Crippen molar-refractivity contribution in [1.82, 2.24) is 4.57 Å². The van der Waals surface area contributed by atoms with Crippen LogP contribution < -0.4 is 24.4 Å². The maximum Gasteiger partial charge on any atom is 0.338 e. The number of nitrogens with zero attached hydrogens (tertiary/aromatic N) is 3. The fraction of sp³-hybridized carbons (Fsp3) is 0.212. The summed E-state index contributed by atoms with van der Waals surface area (Å²) in [5.74, 6) is 0.373. The number of carbonyl (C=O) groups is 1. The van der Waals surface area contributed by atoms with Gasteiger partial charge in [-0.25, -0.2) is 9.79 Å². The number of hydrogen-bond acceptors (Lipinski definition) is 8. The van der Waals surface area contributed by atoms with Crippen molar-refractivity contribution >= 4 is 46.6 Å². The topological polar surface area (TPSA) is 103 Å². The minimum Gasteiger partial charge on any atom is -0.496 e.